The smallest absolute Gasteiger partial charge is 0.256 e. The van der Waals surface area contributed by atoms with E-state index in [1.165, 1.54) is 0 Å². The van der Waals surface area contributed by atoms with Crippen molar-refractivity contribution in [2.24, 2.45) is 0 Å². The summed E-state index contributed by atoms with van der Waals surface area (Å²) in [7, 11) is 0. The molecule has 2 aromatic heterocycles. The second-order valence-electron chi connectivity index (χ2n) is 7.32. The molecule has 0 saturated carbocycles. The van der Waals surface area contributed by atoms with Crippen molar-refractivity contribution in [1.82, 2.24) is 19.2 Å². The van der Waals surface area contributed by atoms with Gasteiger partial charge in [0.1, 0.15) is 5.82 Å². The van der Waals surface area contributed by atoms with Crippen LogP contribution < -0.4 is 0 Å². The first kappa shape index (κ1) is 19.2. The molecule has 4 aromatic rings. The number of hydrogen-bond donors (Lipinski definition) is 0. The molecule has 3 heterocycles. The average molecular weight is 482 g/mol. The zero-order chi connectivity index (χ0) is 20.8. The highest BCUT2D eigenvalue weighted by Crippen LogP contribution is 2.33. The van der Waals surface area contributed by atoms with E-state index in [2.05, 4.69) is 39.6 Å². The van der Waals surface area contributed by atoms with E-state index < -0.39 is 0 Å². The normalized spacial score (nSPS) is 13.0. The molecular formula is C23H18BrClN4O. The van der Waals surface area contributed by atoms with Crippen LogP contribution in [0.2, 0.25) is 5.02 Å². The van der Waals surface area contributed by atoms with Gasteiger partial charge in [0.25, 0.3) is 5.91 Å². The Labute approximate surface area is 187 Å². The molecule has 0 bridgehead atoms. The number of halogens is 2. The Balaban J connectivity index is 1.57. The summed E-state index contributed by atoms with van der Waals surface area (Å²) in [6.45, 7) is 3.01. The van der Waals surface area contributed by atoms with Crippen molar-refractivity contribution in [2.75, 3.05) is 0 Å². The van der Waals surface area contributed by atoms with Gasteiger partial charge in [-0.3, -0.25) is 4.79 Å². The van der Waals surface area contributed by atoms with Crippen molar-refractivity contribution in [3.8, 4) is 11.5 Å². The fourth-order valence-corrected chi connectivity index (χ4v) is 4.45. The summed E-state index contributed by atoms with van der Waals surface area (Å²) < 4.78 is 4.86. The highest BCUT2D eigenvalue weighted by molar-refractivity contribution is 9.10. The van der Waals surface area contributed by atoms with Crippen LogP contribution in [0.3, 0.4) is 0 Å². The van der Waals surface area contributed by atoms with E-state index in [0.29, 0.717) is 23.7 Å². The third-order valence-corrected chi connectivity index (χ3v) is 6.19. The number of amides is 1. The second-order valence-corrected chi connectivity index (χ2v) is 8.65. The van der Waals surface area contributed by atoms with E-state index in [4.69, 9.17) is 16.7 Å². The minimum absolute atomic E-state index is 0.0970. The Morgan fingerprint density at radius 3 is 2.60 bits per heavy atom. The molecule has 1 amide bonds. The van der Waals surface area contributed by atoms with E-state index in [1.807, 2.05) is 47.4 Å². The number of nitrogens with zero attached hydrogens (tertiary/aromatic N) is 4. The predicted octanol–water partition coefficient (Wildman–Crippen LogP) is 5.54. The van der Waals surface area contributed by atoms with Crippen LogP contribution >= 0.6 is 27.5 Å². The van der Waals surface area contributed by atoms with E-state index in [1.54, 1.807) is 17.0 Å². The summed E-state index contributed by atoms with van der Waals surface area (Å²) >= 11 is 9.72. The van der Waals surface area contributed by atoms with Gasteiger partial charge >= 0.3 is 0 Å². The molecular weight excluding hydrogens is 464 g/mol. The molecule has 1 aliphatic heterocycles. The van der Waals surface area contributed by atoms with Crippen molar-refractivity contribution in [3.05, 3.63) is 98.9 Å². The third-order valence-electron chi connectivity index (χ3n) is 5.37. The Morgan fingerprint density at radius 1 is 1.07 bits per heavy atom. The van der Waals surface area contributed by atoms with Crippen LogP contribution in [0, 0.1) is 6.92 Å². The minimum atomic E-state index is -0.0970. The number of carbonyl (C=O) groups excluding carboxylic acids is 1. The van der Waals surface area contributed by atoms with E-state index in [9.17, 15) is 4.79 Å². The van der Waals surface area contributed by atoms with E-state index >= 15 is 0 Å². The van der Waals surface area contributed by atoms with Crippen LogP contribution in [0.1, 0.15) is 27.2 Å². The molecule has 0 spiro atoms. The van der Waals surface area contributed by atoms with Crippen molar-refractivity contribution in [2.45, 2.75) is 20.0 Å². The lowest BCUT2D eigenvalue weighted by Crippen LogP contribution is -2.26. The largest absolute Gasteiger partial charge is 0.328 e. The first-order chi connectivity index (χ1) is 14.5. The maximum absolute atomic E-state index is 13.2. The molecule has 7 heteroatoms. The summed E-state index contributed by atoms with van der Waals surface area (Å²) in [6, 6.07) is 17.5. The van der Waals surface area contributed by atoms with Gasteiger partial charge in [-0.15, -0.1) is 0 Å². The van der Waals surface area contributed by atoms with Gasteiger partial charge in [0.05, 0.1) is 35.1 Å². The number of rotatable bonds is 3. The molecule has 5 rings (SSSR count). The van der Waals surface area contributed by atoms with Crippen LogP contribution in [0.25, 0.3) is 11.5 Å². The van der Waals surface area contributed by atoms with Crippen LogP contribution in [0.5, 0.6) is 0 Å². The quantitative estimate of drug-likeness (QED) is 0.385. The SMILES string of the molecule is Cc1ccccc1-n1nc2c(c1-n1cccc1)CN(C(=O)c1cc(Br)ccc1Cl)C2. The highest BCUT2D eigenvalue weighted by atomic mass is 79.9. The van der Waals surface area contributed by atoms with Crippen LogP contribution in [0.15, 0.2) is 71.5 Å². The number of fused-ring (bicyclic) bond motifs is 1. The molecule has 1 aliphatic rings. The van der Waals surface area contributed by atoms with E-state index in [0.717, 1.165) is 32.8 Å². The van der Waals surface area contributed by atoms with Crippen LogP contribution in [-0.4, -0.2) is 25.2 Å². The first-order valence-electron chi connectivity index (χ1n) is 9.57. The van der Waals surface area contributed by atoms with Gasteiger partial charge in [0.2, 0.25) is 0 Å². The van der Waals surface area contributed by atoms with Crippen molar-refractivity contribution < 1.29 is 4.79 Å². The minimum Gasteiger partial charge on any atom is -0.328 e. The van der Waals surface area contributed by atoms with Gasteiger partial charge in [0.15, 0.2) is 0 Å². The maximum atomic E-state index is 13.2. The van der Waals surface area contributed by atoms with Gasteiger partial charge in [-0.25, -0.2) is 4.68 Å². The van der Waals surface area contributed by atoms with Crippen molar-refractivity contribution in [3.63, 3.8) is 0 Å². The molecule has 0 fully saturated rings. The molecule has 30 heavy (non-hydrogen) atoms. The lowest BCUT2D eigenvalue weighted by molar-refractivity contribution is 0.0749. The molecule has 0 unspecified atom stereocenters. The molecule has 5 nitrogen and oxygen atoms in total. The molecule has 2 aromatic carbocycles. The fourth-order valence-electron chi connectivity index (χ4n) is 3.89. The molecule has 150 valence electrons. The molecule has 0 atom stereocenters. The number of aryl methyl sites for hydroxylation is 1. The van der Waals surface area contributed by atoms with Gasteiger partial charge in [-0.2, -0.15) is 5.10 Å². The number of benzene rings is 2. The van der Waals surface area contributed by atoms with Crippen molar-refractivity contribution >= 4 is 33.4 Å². The number of hydrogen-bond acceptors (Lipinski definition) is 2. The Bertz CT molecular complexity index is 1260. The maximum Gasteiger partial charge on any atom is 0.256 e. The zero-order valence-corrected chi connectivity index (χ0v) is 18.6. The Hall–Kier alpha value is -2.83. The average Bonchev–Trinajstić information content (AvgIpc) is 3.45. The lowest BCUT2D eigenvalue weighted by Gasteiger charge is -2.19. The van der Waals surface area contributed by atoms with Crippen molar-refractivity contribution in [1.29, 1.82) is 0 Å². The highest BCUT2D eigenvalue weighted by Gasteiger charge is 2.32. The lowest BCUT2D eigenvalue weighted by atomic mass is 10.2. The molecule has 0 aliphatic carbocycles. The fraction of sp³-hybridized carbons (Fsp3) is 0.130. The predicted molar refractivity (Wildman–Crippen MR) is 120 cm³/mol. The van der Waals surface area contributed by atoms with Gasteiger partial charge in [-0.1, -0.05) is 45.7 Å². The van der Waals surface area contributed by atoms with E-state index in [-0.39, 0.29) is 5.91 Å². The topological polar surface area (TPSA) is 43.1 Å². The van der Waals surface area contributed by atoms with Gasteiger partial charge < -0.3 is 9.47 Å². The summed E-state index contributed by atoms with van der Waals surface area (Å²) in [5.74, 6) is 0.861. The summed E-state index contributed by atoms with van der Waals surface area (Å²) in [4.78, 5) is 15.0. The summed E-state index contributed by atoms with van der Waals surface area (Å²) in [5, 5.41) is 5.35. The monoisotopic (exact) mass is 480 g/mol. The Morgan fingerprint density at radius 2 is 1.83 bits per heavy atom. The number of aromatic nitrogens is 3. The van der Waals surface area contributed by atoms with Gasteiger partial charge in [0, 0.05) is 22.4 Å². The van der Waals surface area contributed by atoms with Crippen LogP contribution in [-0.2, 0) is 13.1 Å². The van der Waals surface area contributed by atoms with Gasteiger partial charge in [-0.05, 0) is 48.9 Å². The Kier molecular flexibility index (Phi) is 4.76. The van der Waals surface area contributed by atoms with Crippen LogP contribution in [0.4, 0.5) is 0 Å². The second kappa shape index (κ2) is 7.45. The number of para-hydroxylation sites is 1. The summed E-state index contributed by atoms with van der Waals surface area (Å²) in [5.41, 5.74) is 4.62. The third kappa shape index (κ3) is 3.16. The molecule has 0 saturated heterocycles. The summed E-state index contributed by atoms with van der Waals surface area (Å²) in [6.07, 6.45) is 4.00. The standard InChI is InChI=1S/C23H18BrClN4O/c1-15-6-2-3-7-21(15)29-22(27-10-4-5-11-27)18-13-28(14-20(18)26-29)23(30)17-12-16(24)8-9-19(17)25/h2-12H,13-14H2,1H3. The first-order valence-corrected chi connectivity index (χ1v) is 10.7. The molecule has 0 radical (unpaired) electrons. The zero-order valence-electron chi connectivity index (χ0n) is 16.2. The molecule has 0 N–H and O–H groups in total. The number of carbonyl (C=O) groups is 1.